The van der Waals surface area contributed by atoms with E-state index < -0.39 is 0 Å². The molecule has 0 bridgehead atoms. The van der Waals surface area contributed by atoms with Crippen LogP contribution in [0.4, 0.5) is 4.39 Å². The van der Waals surface area contributed by atoms with E-state index in [2.05, 4.69) is 20.2 Å². The maximum atomic E-state index is 13.3. The van der Waals surface area contributed by atoms with Gasteiger partial charge in [-0.3, -0.25) is 9.69 Å². The van der Waals surface area contributed by atoms with Crippen molar-refractivity contribution < 1.29 is 9.18 Å². The van der Waals surface area contributed by atoms with Crippen LogP contribution in [0.1, 0.15) is 52.9 Å². The molecule has 1 aliphatic heterocycles. The molecule has 1 saturated heterocycles. The van der Waals surface area contributed by atoms with Crippen molar-refractivity contribution in [3.05, 3.63) is 58.9 Å². The normalized spacial score (nSPS) is 16.3. The fourth-order valence-corrected chi connectivity index (χ4v) is 3.49. The lowest BCUT2D eigenvalue weighted by atomic mass is 10.0. The highest BCUT2D eigenvalue weighted by molar-refractivity contribution is 5.92. The molecule has 1 aromatic carbocycles. The lowest BCUT2D eigenvalue weighted by Crippen LogP contribution is -2.40. The van der Waals surface area contributed by atoms with Gasteiger partial charge in [-0.05, 0) is 63.5 Å². The summed E-state index contributed by atoms with van der Waals surface area (Å²) in [4.78, 5) is 23.3. The van der Waals surface area contributed by atoms with Gasteiger partial charge in [0.2, 0.25) is 0 Å². The number of carbonyl (C=O) groups is 1. The number of likely N-dealkylation sites (tertiary alicyclic amines) is 1. The standard InChI is InChI=1S/C20H25FN4O/c1-14-12-18(24-15(2)23-14)20(26)22-13-19(25-10-4-3-5-11-25)16-6-8-17(21)9-7-16/h6-9,12,19H,3-5,10-11,13H2,1-2H3,(H,22,26)/t19-/m0/s1. The number of hydrogen-bond donors (Lipinski definition) is 1. The summed E-state index contributed by atoms with van der Waals surface area (Å²) in [5.41, 5.74) is 2.17. The lowest BCUT2D eigenvalue weighted by Gasteiger charge is -2.35. The van der Waals surface area contributed by atoms with Gasteiger partial charge in [-0.2, -0.15) is 0 Å². The van der Waals surface area contributed by atoms with Crippen LogP contribution in [-0.4, -0.2) is 40.4 Å². The Labute approximate surface area is 153 Å². The molecule has 2 aromatic rings. The van der Waals surface area contributed by atoms with Gasteiger partial charge in [0, 0.05) is 12.2 Å². The molecule has 0 spiro atoms. The first-order valence-electron chi connectivity index (χ1n) is 9.13. The fraction of sp³-hybridized carbons (Fsp3) is 0.450. The number of nitrogens with zero attached hydrogens (tertiary/aromatic N) is 3. The summed E-state index contributed by atoms with van der Waals surface area (Å²) in [5, 5.41) is 3.00. The third kappa shape index (κ3) is 4.64. The summed E-state index contributed by atoms with van der Waals surface area (Å²) in [6.45, 7) is 6.07. The molecule has 3 rings (SSSR count). The third-order valence-electron chi connectivity index (χ3n) is 4.74. The zero-order valence-corrected chi connectivity index (χ0v) is 15.3. The Morgan fingerprint density at radius 3 is 2.50 bits per heavy atom. The van der Waals surface area contributed by atoms with Crippen LogP contribution in [0.2, 0.25) is 0 Å². The Hall–Kier alpha value is -2.34. The van der Waals surface area contributed by atoms with Crippen LogP contribution in [0.25, 0.3) is 0 Å². The Balaban J connectivity index is 1.74. The van der Waals surface area contributed by atoms with Crippen LogP contribution in [0.5, 0.6) is 0 Å². The van der Waals surface area contributed by atoms with E-state index in [9.17, 15) is 9.18 Å². The van der Waals surface area contributed by atoms with Gasteiger partial charge in [-0.15, -0.1) is 0 Å². The number of piperidine rings is 1. The van der Waals surface area contributed by atoms with Crippen molar-refractivity contribution in [1.29, 1.82) is 0 Å². The minimum atomic E-state index is -0.248. The second-order valence-electron chi connectivity index (χ2n) is 6.82. The summed E-state index contributed by atoms with van der Waals surface area (Å²) >= 11 is 0. The second kappa shape index (κ2) is 8.36. The summed E-state index contributed by atoms with van der Waals surface area (Å²) in [5.74, 6) is 0.131. The first-order valence-corrected chi connectivity index (χ1v) is 9.13. The third-order valence-corrected chi connectivity index (χ3v) is 4.74. The van der Waals surface area contributed by atoms with Crippen LogP contribution in [-0.2, 0) is 0 Å². The predicted octanol–water partition coefficient (Wildman–Crippen LogP) is 3.19. The Morgan fingerprint density at radius 1 is 1.15 bits per heavy atom. The summed E-state index contributed by atoms with van der Waals surface area (Å²) in [7, 11) is 0. The van der Waals surface area contributed by atoms with Crippen molar-refractivity contribution in [2.24, 2.45) is 0 Å². The number of halogens is 1. The van der Waals surface area contributed by atoms with Crippen molar-refractivity contribution in [3.63, 3.8) is 0 Å². The van der Waals surface area contributed by atoms with E-state index in [-0.39, 0.29) is 17.8 Å². The van der Waals surface area contributed by atoms with E-state index >= 15 is 0 Å². The van der Waals surface area contributed by atoms with Gasteiger partial charge in [0.1, 0.15) is 17.3 Å². The molecule has 5 nitrogen and oxygen atoms in total. The van der Waals surface area contributed by atoms with E-state index in [1.165, 1.54) is 18.6 Å². The van der Waals surface area contributed by atoms with E-state index in [1.807, 2.05) is 6.92 Å². The number of hydrogen-bond acceptors (Lipinski definition) is 4. The van der Waals surface area contributed by atoms with Crippen LogP contribution >= 0.6 is 0 Å². The monoisotopic (exact) mass is 356 g/mol. The number of benzene rings is 1. The molecule has 138 valence electrons. The first-order chi connectivity index (χ1) is 12.5. The molecule has 0 radical (unpaired) electrons. The van der Waals surface area contributed by atoms with E-state index in [4.69, 9.17) is 0 Å². The summed E-state index contributed by atoms with van der Waals surface area (Å²) in [6.07, 6.45) is 3.53. The second-order valence-corrected chi connectivity index (χ2v) is 6.82. The number of amides is 1. The highest BCUT2D eigenvalue weighted by Crippen LogP contribution is 2.24. The fourth-order valence-electron chi connectivity index (χ4n) is 3.49. The highest BCUT2D eigenvalue weighted by Gasteiger charge is 2.23. The molecule has 1 aromatic heterocycles. The molecule has 1 atom stereocenters. The van der Waals surface area contributed by atoms with Crippen LogP contribution < -0.4 is 5.32 Å². The molecule has 1 fully saturated rings. The maximum absolute atomic E-state index is 13.3. The van der Waals surface area contributed by atoms with Gasteiger partial charge in [-0.1, -0.05) is 18.6 Å². The van der Waals surface area contributed by atoms with Crippen molar-refractivity contribution in [2.75, 3.05) is 19.6 Å². The van der Waals surface area contributed by atoms with Gasteiger partial charge < -0.3 is 5.32 Å². The van der Waals surface area contributed by atoms with Crippen molar-refractivity contribution in [2.45, 2.75) is 39.2 Å². The zero-order valence-electron chi connectivity index (χ0n) is 15.3. The summed E-state index contributed by atoms with van der Waals surface area (Å²) in [6, 6.07) is 8.29. The van der Waals surface area contributed by atoms with Crippen molar-refractivity contribution in [3.8, 4) is 0 Å². The first kappa shape index (κ1) is 18.5. The average Bonchev–Trinajstić information content (AvgIpc) is 2.63. The van der Waals surface area contributed by atoms with Crippen molar-refractivity contribution in [1.82, 2.24) is 20.2 Å². The van der Waals surface area contributed by atoms with E-state index in [1.54, 1.807) is 25.1 Å². The quantitative estimate of drug-likeness (QED) is 0.894. The van der Waals surface area contributed by atoms with Gasteiger partial charge in [0.25, 0.3) is 5.91 Å². The summed E-state index contributed by atoms with van der Waals surface area (Å²) < 4.78 is 13.3. The van der Waals surface area contributed by atoms with Crippen LogP contribution in [0.15, 0.2) is 30.3 Å². The Kier molecular flexibility index (Phi) is 5.93. The SMILES string of the molecule is Cc1cc(C(=O)NC[C@@H](c2ccc(F)cc2)N2CCCCC2)nc(C)n1. The molecule has 26 heavy (non-hydrogen) atoms. The lowest BCUT2D eigenvalue weighted by molar-refractivity contribution is 0.0919. The topological polar surface area (TPSA) is 58.1 Å². The molecule has 1 amide bonds. The molecule has 6 heteroatoms. The van der Waals surface area contributed by atoms with Crippen molar-refractivity contribution >= 4 is 5.91 Å². The smallest absolute Gasteiger partial charge is 0.270 e. The molecular formula is C20H25FN4O. The molecule has 1 aliphatic rings. The maximum Gasteiger partial charge on any atom is 0.270 e. The molecule has 0 aliphatic carbocycles. The van der Waals surface area contributed by atoms with Gasteiger partial charge in [0.05, 0.1) is 6.04 Å². The predicted molar refractivity (Wildman–Crippen MR) is 98.4 cm³/mol. The van der Waals surface area contributed by atoms with Crippen LogP contribution in [0.3, 0.4) is 0 Å². The molecule has 2 heterocycles. The molecular weight excluding hydrogens is 331 g/mol. The molecule has 1 N–H and O–H groups in total. The highest BCUT2D eigenvalue weighted by atomic mass is 19.1. The van der Waals surface area contributed by atoms with Crippen LogP contribution in [0, 0.1) is 19.7 Å². The number of carbonyl (C=O) groups excluding carboxylic acids is 1. The largest absolute Gasteiger partial charge is 0.349 e. The van der Waals surface area contributed by atoms with E-state index in [0.29, 0.717) is 18.1 Å². The molecule has 0 unspecified atom stereocenters. The minimum absolute atomic E-state index is 0.0314. The van der Waals surface area contributed by atoms with Gasteiger partial charge in [-0.25, -0.2) is 14.4 Å². The molecule has 0 saturated carbocycles. The van der Waals surface area contributed by atoms with Gasteiger partial charge >= 0.3 is 0 Å². The number of nitrogens with one attached hydrogen (secondary N) is 1. The zero-order chi connectivity index (χ0) is 18.5. The number of rotatable bonds is 5. The number of aromatic nitrogens is 2. The Bertz CT molecular complexity index is 737. The number of aryl methyl sites for hydroxylation is 2. The van der Waals surface area contributed by atoms with Gasteiger partial charge in [0.15, 0.2) is 0 Å². The minimum Gasteiger partial charge on any atom is -0.349 e. The van der Waals surface area contributed by atoms with E-state index in [0.717, 1.165) is 37.2 Å². The Morgan fingerprint density at radius 2 is 1.85 bits per heavy atom. The average molecular weight is 356 g/mol.